The van der Waals surface area contributed by atoms with Gasteiger partial charge < -0.3 is 30.7 Å². The van der Waals surface area contributed by atoms with E-state index in [0.29, 0.717) is 35.5 Å². The van der Waals surface area contributed by atoms with Gasteiger partial charge in [0, 0.05) is 81.0 Å². The van der Waals surface area contributed by atoms with Gasteiger partial charge in [0.1, 0.15) is 0 Å². The van der Waals surface area contributed by atoms with Crippen LogP contribution in [0, 0.1) is 0 Å². The van der Waals surface area contributed by atoms with Crippen molar-refractivity contribution in [3.05, 3.63) is 117 Å². The molecule has 6 saturated heterocycles. The predicted octanol–water partition coefficient (Wildman–Crippen LogP) is 9.80. The van der Waals surface area contributed by atoms with Gasteiger partial charge in [0.15, 0.2) is 0 Å². The van der Waals surface area contributed by atoms with E-state index in [9.17, 15) is 0 Å². The van der Waals surface area contributed by atoms with Crippen LogP contribution in [0.2, 0.25) is 0 Å². The van der Waals surface area contributed by atoms with Crippen LogP contribution in [0.15, 0.2) is 72.8 Å². The molecule has 6 fully saturated rings. The molecule has 1 aliphatic carbocycles. The zero-order valence-electron chi connectivity index (χ0n) is 37.6. The van der Waals surface area contributed by atoms with E-state index in [1.165, 1.54) is 124 Å². The van der Waals surface area contributed by atoms with Gasteiger partial charge in [0.25, 0.3) is 0 Å². The van der Waals surface area contributed by atoms with Gasteiger partial charge in [0.2, 0.25) is 0 Å². The second-order valence-electron chi connectivity index (χ2n) is 21.0. The molecule has 0 bridgehead atoms. The normalized spacial score (nSPS) is 27.0. The lowest BCUT2D eigenvalue weighted by Crippen LogP contribution is -2.45. The molecule has 61 heavy (non-hydrogen) atoms. The summed E-state index contributed by atoms with van der Waals surface area (Å²) in [4.78, 5) is 7.97. The number of hydrogen-bond acceptors (Lipinski definition) is 6. The zero-order valence-corrected chi connectivity index (χ0v) is 37.6. The van der Waals surface area contributed by atoms with Gasteiger partial charge in [-0.1, -0.05) is 69.3 Å². The van der Waals surface area contributed by atoms with E-state index in [0.717, 1.165) is 45.8 Å². The van der Waals surface area contributed by atoms with E-state index < -0.39 is 0 Å². The molecule has 4 aromatic rings. The van der Waals surface area contributed by atoms with Crippen LogP contribution in [0.5, 0.6) is 0 Å². The first kappa shape index (κ1) is 40.1. The number of piperidine rings is 4. The topological polar surface area (TPSA) is 45.8 Å². The van der Waals surface area contributed by atoms with Crippen LogP contribution in [0.1, 0.15) is 152 Å². The Kier molecular flexibility index (Phi) is 11.0. The average Bonchev–Trinajstić information content (AvgIpc) is 3.50. The molecule has 0 radical (unpaired) electrons. The first-order valence-electron chi connectivity index (χ1n) is 24.8. The van der Waals surface area contributed by atoms with Crippen molar-refractivity contribution in [2.24, 2.45) is 0 Å². The van der Waals surface area contributed by atoms with Crippen molar-refractivity contribution < 1.29 is 0 Å². The smallest absolute Gasteiger partial charge is 0.0370 e. The number of nitrogens with one attached hydrogen (secondary N) is 3. The number of nitrogens with zero attached hydrogens (tertiary/aromatic N) is 3. The maximum Gasteiger partial charge on any atom is 0.0370 e. The van der Waals surface area contributed by atoms with Crippen LogP contribution in [-0.4, -0.2) is 90.0 Å². The summed E-state index contributed by atoms with van der Waals surface area (Å²) in [6, 6.07) is 30.5. The highest BCUT2D eigenvalue weighted by Crippen LogP contribution is 2.52. The van der Waals surface area contributed by atoms with Crippen LogP contribution in [0.25, 0.3) is 11.1 Å². The summed E-state index contributed by atoms with van der Waals surface area (Å²) in [6.45, 7) is 22.3. The standard InChI is InChI=1S/C55H72N6/c1-4-59-20-8-12-40(32-59)44-22-43(39-11-7-19-58-31-39)25-46(26-44)48-35-61(36-48)50-14-16-52-51-15-13-49(27-53(51)55(2,3)54(52)28-50)60-33-47(34-60)45-23-41(37-9-5-17-56-29-37)21-42(24-45)38-10-6-18-57-30-38/h13-16,21-28,37-40,47-48,56-58H,4-12,17-20,29-36H2,1-3H3. The molecule has 6 heterocycles. The quantitative estimate of drug-likeness (QED) is 0.157. The molecule has 7 aliphatic rings. The Bertz CT molecular complexity index is 2160. The summed E-state index contributed by atoms with van der Waals surface area (Å²) in [5.41, 5.74) is 18.2. The molecule has 4 unspecified atom stereocenters. The van der Waals surface area contributed by atoms with E-state index in [1.54, 1.807) is 33.4 Å². The van der Waals surface area contributed by atoms with Crippen LogP contribution >= 0.6 is 0 Å². The Hall–Kier alpha value is -3.68. The average molecular weight is 817 g/mol. The number of rotatable bonds is 9. The number of anilines is 2. The van der Waals surface area contributed by atoms with Crippen molar-refractivity contribution in [3.8, 4) is 11.1 Å². The van der Waals surface area contributed by atoms with Crippen LogP contribution in [-0.2, 0) is 5.41 Å². The molecule has 322 valence electrons. The van der Waals surface area contributed by atoms with Crippen molar-refractivity contribution in [1.29, 1.82) is 0 Å². The maximum atomic E-state index is 3.71. The van der Waals surface area contributed by atoms with Crippen LogP contribution in [0.4, 0.5) is 11.4 Å². The fourth-order valence-electron chi connectivity index (χ4n) is 12.8. The second-order valence-corrected chi connectivity index (χ2v) is 21.0. The zero-order chi connectivity index (χ0) is 41.1. The first-order chi connectivity index (χ1) is 29.9. The molecule has 0 amide bonds. The van der Waals surface area contributed by atoms with Gasteiger partial charge in [-0.15, -0.1) is 0 Å². The van der Waals surface area contributed by atoms with Crippen molar-refractivity contribution in [2.45, 2.75) is 113 Å². The highest BCUT2D eigenvalue weighted by atomic mass is 15.2. The molecule has 4 aromatic carbocycles. The molecule has 6 aliphatic heterocycles. The van der Waals surface area contributed by atoms with Gasteiger partial charge in [-0.05, 0) is 188 Å². The van der Waals surface area contributed by atoms with Gasteiger partial charge in [-0.3, -0.25) is 0 Å². The fourth-order valence-corrected chi connectivity index (χ4v) is 12.8. The summed E-state index contributed by atoms with van der Waals surface area (Å²) < 4.78 is 0. The second kappa shape index (κ2) is 16.8. The third kappa shape index (κ3) is 7.76. The highest BCUT2D eigenvalue weighted by Gasteiger charge is 2.39. The predicted molar refractivity (Wildman–Crippen MR) is 255 cm³/mol. The number of likely N-dealkylation sites (tertiary alicyclic amines) is 1. The summed E-state index contributed by atoms with van der Waals surface area (Å²) >= 11 is 0. The molecule has 11 rings (SSSR count). The van der Waals surface area contributed by atoms with Gasteiger partial charge in [-0.25, -0.2) is 0 Å². The number of hydrogen-bond donors (Lipinski definition) is 3. The SMILES string of the molecule is CCN1CCCC(c2cc(C3CCCNC3)cc(C3CN(c4ccc5c(c4)C(C)(C)c4cc(N6CC(c7cc(C8CCCNC8)cc(C8CCCNC8)c7)C6)ccc4-5)C3)c2)C1. The van der Waals surface area contributed by atoms with Gasteiger partial charge in [-0.2, -0.15) is 0 Å². The molecule has 0 saturated carbocycles. The van der Waals surface area contributed by atoms with Crippen molar-refractivity contribution in [2.75, 3.05) is 94.9 Å². The van der Waals surface area contributed by atoms with Crippen molar-refractivity contribution >= 4 is 11.4 Å². The molecule has 0 spiro atoms. The van der Waals surface area contributed by atoms with Crippen molar-refractivity contribution in [1.82, 2.24) is 20.9 Å². The van der Waals surface area contributed by atoms with Gasteiger partial charge in [0.05, 0.1) is 0 Å². The summed E-state index contributed by atoms with van der Waals surface area (Å²) in [7, 11) is 0. The molecular formula is C55H72N6. The van der Waals surface area contributed by atoms with Crippen LogP contribution < -0.4 is 25.8 Å². The Morgan fingerprint density at radius 3 is 1.26 bits per heavy atom. The molecular weight excluding hydrogens is 745 g/mol. The minimum absolute atomic E-state index is 0.0276. The third-order valence-electron chi connectivity index (χ3n) is 16.8. The largest absolute Gasteiger partial charge is 0.370 e. The monoisotopic (exact) mass is 817 g/mol. The Morgan fingerprint density at radius 1 is 0.475 bits per heavy atom. The Balaban J connectivity index is 0.787. The van der Waals surface area contributed by atoms with E-state index in [2.05, 4.69) is 124 Å². The van der Waals surface area contributed by atoms with Gasteiger partial charge >= 0.3 is 0 Å². The fraction of sp³-hybridized carbons (Fsp3) is 0.564. The third-order valence-corrected chi connectivity index (χ3v) is 16.8. The molecule has 0 aromatic heterocycles. The Morgan fingerprint density at radius 2 is 0.869 bits per heavy atom. The van der Waals surface area contributed by atoms with E-state index in [4.69, 9.17) is 0 Å². The highest BCUT2D eigenvalue weighted by molar-refractivity contribution is 5.84. The molecule has 4 atom stereocenters. The summed E-state index contributed by atoms with van der Waals surface area (Å²) in [6.07, 6.45) is 10.5. The minimum Gasteiger partial charge on any atom is -0.370 e. The lowest BCUT2D eigenvalue weighted by Gasteiger charge is -2.43. The molecule has 6 nitrogen and oxygen atoms in total. The molecule has 6 heteroatoms. The number of benzene rings is 4. The van der Waals surface area contributed by atoms with E-state index in [1.807, 2.05) is 0 Å². The van der Waals surface area contributed by atoms with Crippen molar-refractivity contribution in [3.63, 3.8) is 0 Å². The van der Waals surface area contributed by atoms with E-state index >= 15 is 0 Å². The summed E-state index contributed by atoms with van der Waals surface area (Å²) in [5, 5.41) is 11.1. The summed E-state index contributed by atoms with van der Waals surface area (Å²) in [5.74, 6) is 3.82. The lowest BCUT2D eigenvalue weighted by molar-refractivity contribution is 0.218. The number of fused-ring (bicyclic) bond motifs is 3. The van der Waals surface area contributed by atoms with Crippen LogP contribution in [0.3, 0.4) is 0 Å². The minimum atomic E-state index is -0.0276. The number of likely N-dealkylation sites (N-methyl/N-ethyl adjacent to an activating group) is 1. The lowest BCUT2D eigenvalue weighted by atomic mass is 9.80. The Labute approximate surface area is 367 Å². The molecule has 3 N–H and O–H groups in total. The maximum absolute atomic E-state index is 3.71. The van der Waals surface area contributed by atoms with E-state index in [-0.39, 0.29) is 5.41 Å². The first-order valence-corrected chi connectivity index (χ1v) is 24.8.